The molecular weight excluding hydrogens is 214 g/mol. The molecular formula is C12H16F2O2. The molecule has 0 saturated heterocycles. The minimum absolute atomic E-state index is 0.0971. The second-order valence-corrected chi connectivity index (χ2v) is 4.77. The number of methoxy groups -OCH3 is 1. The zero-order valence-corrected chi connectivity index (χ0v) is 9.84. The average molecular weight is 230 g/mol. The maximum atomic E-state index is 13.6. The number of benzene rings is 1. The Balaban J connectivity index is 3.25. The van der Waals surface area contributed by atoms with Gasteiger partial charge in [0.2, 0.25) is 0 Å². The predicted octanol–water partition coefficient (Wildman–Crippen LogP) is 3.05. The van der Waals surface area contributed by atoms with E-state index >= 15 is 0 Å². The minimum atomic E-state index is -1.20. The maximum Gasteiger partial charge on any atom is 0.135 e. The minimum Gasteiger partial charge on any atom is -0.497 e. The standard InChI is InChI=1S/C12H16F2O2/c1-12(2,3)11(15)10-8(13)5-7(16-4)6-9(10)14/h5-6,11,15H,1-4H3. The first-order valence-electron chi connectivity index (χ1n) is 4.98. The van der Waals surface area contributed by atoms with Crippen LogP contribution in [0.2, 0.25) is 0 Å². The first-order chi connectivity index (χ1) is 7.27. The van der Waals surface area contributed by atoms with E-state index in [1.54, 1.807) is 20.8 Å². The van der Waals surface area contributed by atoms with Gasteiger partial charge in [0.1, 0.15) is 17.4 Å². The van der Waals surface area contributed by atoms with Crippen LogP contribution in [0, 0.1) is 17.0 Å². The van der Waals surface area contributed by atoms with Crippen LogP contribution in [-0.4, -0.2) is 12.2 Å². The molecule has 0 radical (unpaired) electrons. The smallest absolute Gasteiger partial charge is 0.135 e. The van der Waals surface area contributed by atoms with Gasteiger partial charge in [-0.2, -0.15) is 0 Å². The van der Waals surface area contributed by atoms with Crippen LogP contribution in [0.15, 0.2) is 12.1 Å². The highest BCUT2D eigenvalue weighted by Crippen LogP contribution is 2.36. The summed E-state index contributed by atoms with van der Waals surface area (Å²) in [6.45, 7) is 5.13. The number of ether oxygens (including phenoxy) is 1. The third kappa shape index (κ3) is 2.50. The van der Waals surface area contributed by atoms with Crippen molar-refractivity contribution < 1.29 is 18.6 Å². The van der Waals surface area contributed by atoms with Crippen molar-refractivity contribution in [1.82, 2.24) is 0 Å². The lowest BCUT2D eigenvalue weighted by Crippen LogP contribution is -2.20. The van der Waals surface area contributed by atoms with Crippen LogP contribution in [-0.2, 0) is 0 Å². The number of aliphatic hydroxyl groups excluding tert-OH is 1. The van der Waals surface area contributed by atoms with Gasteiger partial charge in [-0.05, 0) is 5.41 Å². The van der Waals surface area contributed by atoms with Crippen LogP contribution in [0.4, 0.5) is 8.78 Å². The molecule has 1 aromatic rings. The van der Waals surface area contributed by atoms with E-state index in [4.69, 9.17) is 4.74 Å². The van der Waals surface area contributed by atoms with Crippen molar-refractivity contribution in [2.75, 3.05) is 7.11 Å². The van der Waals surface area contributed by atoms with E-state index < -0.39 is 23.2 Å². The van der Waals surface area contributed by atoms with Crippen molar-refractivity contribution in [1.29, 1.82) is 0 Å². The highest BCUT2D eigenvalue weighted by Gasteiger charge is 2.29. The summed E-state index contributed by atoms with van der Waals surface area (Å²) in [4.78, 5) is 0. The monoisotopic (exact) mass is 230 g/mol. The summed E-state index contributed by atoms with van der Waals surface area (Å²) < 4.78 is 31.9. The van der Waals surface area contributed by atoms with Crippen molar-refractivity contribution in [3.63, 3.8) is 0 Å². The van der Waals surface area contributed by atoms with Gasteiger partial charge in [-0.1, -0.05) is 20.8 Å². The van der Waals surface area contributed by atoms with Crippen LogP contribution in [0.25, 0.3) is 0 Å². The van der Waals surface area contributed by atoms with Gasteiger partial charge in [0.25, 0.3) is 0 Å². The Labute approximate surface area is 93.9 Å². The molecule has 1 rings (SSSR count). The SMILES string of the molecule is COc1cc(F)c(C(O)C(C)(C)C)c(F)c1. The molecule has 0 aliphatic carbocycles. The molecule has 1 N–H and O–H groups in total. The van der Waals surface area contributed by atoms with E-state index in [0.29, 0.717) is 0 Å². The Kier molecular flexibility index (Phi) is 3.53. The van der Waals surface area contributed by atoms with Crippen molar-refractivity contribution >= 4 is 0 Å². The molecule has 16 heavy (non-hydrogen) atoms. The summed E-state index contributed by atoms with van der Waals surface area (Å²) in [7, 11) is 1.33. The molecule has 4 heteroatoms. The van der Waals surface area contributed by atoms with Crippen molar-refractivity contribution in [2.45, 2.75) is 26.9 Å². The number of rotatable bonds is 2. The van der Waals surface area contributed by atoms with Gasteiger partial charge in [-0.15, -0.1) is 0 Å². The Bertz CT molecular complexity index is 360. The van der Waals surface area contributed by atoms with Crippen LogP contribution in [0.3, 0.4) is 0 Å². The quantitative estimate of drug-likeness (QED) is 0.846. The highest BCUT2D eigenvalue weighted by atomic mass is 19.1. The molecule has 0 spiro atoms. The molecule has 90 valence electrons. The van der Waals surface area contributed by atoms with E-state index in [9.17, 15) is 13.9 Å². The fourth-order valence-electron chi connectivity index (χ4n) is 1.37. The first-order valence-corrected chi connectivity index (χ1v) is 4.98. The Morgan fingerprint density at radius 3 is 1.94 bits per heavy atom. The van der Waals surface area contributed by atoms with Gasteiger partial charge >= 0.3 is 0 Å². The van der Waals surface area contributed by atoms with E-state index in [1.807, 2.05) is 0 Å². The summed E-state index contributed by atoms with van der Waals surface area (Å²) in [5.74, 6) is -1.49. The van der Waals surface area contributed by atoms with Crippen LogP contribution >= 0.6 is 0 Å². The molecule has 0 aliphatic heterocycles. The van der Waals surface area contributed by atoms with Gasteiger partial charge in [0.05, 0.1) is 18.8 Å². The summed E-state index contributed by atoms with van der Waals surface area (Å²) in [5, 5.41) is 9.86. The fourth-order valence-corrected chi connectivity index (χ4v) is 1.37. The Hall–Kier alpha value is -1.16. The summed E-state index contributed by atoms with van der Waals surface area (Å²) in [6, 6.07) is 2.13. The Morgan fingerprint density at radius 1 is 1.19 bits per heavy atom. The van der Waals surface area contributed by atoms with Crippen molar-refractivity contribution in [3.8, 4) is 5.75 Å². The van der Waals surface area contributed by atoms with E-state index in [2.05, 4.69) is 0 Å². The zero-order valence-electron chi connectivity index (χ0n) is 9.84. The highest BCUT2D eigenvalue weighted by molar-refractivity contribution is 5.32. The molecule has 0 fully saturated rings. The topological polar surface area (TPSA) is 29.5 Å². The second kappa shape index (κ2) is 4.37. The number of aliphatic hydroxyl groups is 1. The third-order valence-electron chi connectivity index (χ3n) is 2.38. The van der Waals surface area contributed by atoms with Gasteiger partial charge < -0.3 is 9.84 Å². The van der Waals surface area contributed by atoms with Gasteiger partial charge in [-0.3, -0.25) is 0 Å². The lowest BCUT2D eigenvalue weighted by Gasteiger charge is -2.26. The van der Waals surface area contributed by atoms with Crippen LogP contribution in [0.1, 0.15) is 32.4 Å². The molecule has 1 atom stereocenters. The lowest BCUT2D eigenvalue weighted by atomic mass is 9.84. The molecule has 1 unspecified atom stereocenters. The van der Waals surface area contributed by atoms with Crippen LogP contribution in [0.5, 0.6) is 5.75 Å². The Morgan fingerprint density at radius 2 is 1.62 bits per heavy atom. The van der Waals surface area contributed by atoms with E-state index in [-0.39, 0.29) is 11.3 Å². The largest absolute Gasteiger partial charge is 0.497 e. The lowest BCUT2D eigenvalue weighted by molar-refractivity contribution is 0.0559. The van der Waals surface area contributed by atoms with Gasteiger partial charge in [-0.25, -0.2) is 8.78 Å². The predicted molar refractivity (Wildman–Crippen MR) is 57.3 cm³/mol. The average Bonchev–Trinajstić information content (AvgIpc) is 2.14. The summed E-state index contributed by atoms with van der Waals surface area (Å²) in [5.41, 5.74) is -0.940. The third-order valence-corrected chi connectivity index (χ3v) is 2.38. The summed E-state index contributed by atoms with van der Waals surface area (Å²) >= 11 is 0. The van der Waals surface area contributed by atoms with Crippen molar-refractivity contribution in [2.24, 2.45) is 5.41 Å². The molecule has 0 bridgehead atoms. The normalized spacial score (nSPS) is 13.7. The van der Waals surface area contributed by atoms with Crippen molar-refractivity contribution in [3.05, 3.63) is 29.3 Å². The maximum absolute atomic E-state index is 13.6. The summed E-state index contributed by atoms with van der Waals surface area (Å²) in [6.07, 6.45) is -1.20. The van der Waals surface area contributed by atoms with Gasteiger partial charge in [0.15, 0.2) is 0 Å². The van der Waals surface area contributed by atoms with E-state index in [0.717, 1.165) is 12.1 Å². The molecule has 0 aliphatic rings. The van der Waals surface area contributed by atoms with E-state index in [1.165, 1.54) is 7.11 Å². The number of hydrogen-bond donors (Lipinski definition) is 1. The molecule has 0 heterocycles. The first kappa shape index (κ1) is 12.9. The second-order valence-electron chi connectivity index (χ2n) is 4.77. The zero-order chi connectivity index (χ0) is 12.5. The van der Waals surface area contributed by atoms with Crippen LogP contribution < -0.4 is 4.74 Å². The van der Waals surface area contributed by atoms with Gasteiger partial charge in [0, 0.05) is 12.1 Å². The fraction of sp³-hybridized carbons (Fsp3) is 0.500. The molecule has 0 saturated carbocycles. The molecule has 0 aromatic heterocycles. The number of hydrogen-bond acceptors (Lipinski definition) is 2. The molecule has 0 amide bonds. The molecule has 2 nitrogen and oxygen atoms in total. The number of halogens is 2. The molecule has 1 aromatic carbocycles.